The number of benzene rings is 14. The number of hydrogen-bond donors (Lipinski definition) is 0. The van der Waals surface area contributed by atoms with Crippen LogP contribution in [0.4, 0.5) is 34.1 Å². The molecule has 2 aliphatic rings. The molecular weight excluding hydrogens is 1550 g/mol. The topological polar surface area (TPSA) is 45.1 Å². The first-order valence-electron chi connectivity index (χ1n) is 46.4. The SMILES string of the molecule is CC(C)(C)c1cc(-c2ccc3c(c2)N(c2ccc(C#N)c(-n4c5cc(C(C)(C)C)ccc5c5ccc(C(C)(C)C)cc54)c2)c2cc(-n4c5ccc(C(C)(C)C)cc5c5cc(C(C)(C)C)ccc54)cc4c2B3c2ccc(-n3c5ccc(C(C)(C)C)cc5c5cc(C(C)(C)C)ccc53)cc2N4c2c(-c3ccccc3)cc(C(C)(C)C)cc2-c2ccccc2)cc(C(C)(C)C)c1. The first-order chi connectivity index (χ1) is 60.1. The minimum Gasteiger partial charge on any atom is -0.311 e. The number of anilines is 6. The molecule has 0 bridgehead atoms. The van der Waals surface area contributed by atoms with Crippen LogP contribution in [0.1, 0.15) is 243 Å². The molecule has 2 aliphatic heterocycles. The van der Waals surface area contributed by atoms with Gasteiger partial charge < -0.3 is 23.5 Å². The van der Waals surface area contributed by atoms with E-state index < -0.39 is 0 Å². The van der Waals surface area contributed by atoms with E-state index in [9.17, 15) is 5.26 Å². The van der Waals surface area contributed by atoms with E-state index in [1.54, 1.807) is 0 Å². The summed E-state index contributed by atoms with van der Waals surface area (Å²) in [4.78, 5) is 5.37. The maximum absolute atomic E-state index is 12.1. The molecule has 14 aromatic carbocycles. The third-order valence-corrected chi connectivity index (χ3v) is 28.0. The summed E-state index contributed by atoms with van der Waals surface area (Å²) in [6.45, 7) is 62.8. The Morgan fingerprint density at radius 3 is 0.977 bits per heavy atom. The van der Waals surface area contributed by atoms with E-state index in [1.165, 1.54) is 93.6 Å². The Balaban J connectivity index is 1.03. The highest BCUT2D eigenvalue weighted by Gasteiger charge is 2.46. The first kappa shape index (κ1) is 85.1. The van der Waals surface area contributed by atoms with Crippen molar-refractivity contribution in [1.29, 1.82) is 5.26 Å². The Kier molecular flexibility index (Phi) is 19.5. The molecule has 0 atom stereocenters. The molecule has 0 saturated carbocycles. The van der Waals surface area contributed by atoms with E-state index in [2.05, 4.69) is 483 Å². The van der Waals surface area contributed by atoms with Gasteiger partial charge in [0.05, 0.1) is 55.7 Å². The highest BCUT2D eigenvalue weighted by atomic mass is 15.2. The van der Waals surface area contributed by atoms with Crippen molar-refractivity contribution in [1.82, 2.24) is 13.7 Å². The predicted octanol–water partition coefficient (Wildman–Crippen LogP) is 31.6. The van der Waals surface area contributed by atoms with E-state index in [0.29, 0.717) is 5.56 Å². The molecule has 642 valence electrons. The van der Waals surface area contributed by atoms with Crippen molar-refractivity contribution in [2.75, 3.05) is 9.80 Å². The smallest absolute Gasteiger partial charge is 0.252 e. The molecule has 0 saturated heterocycles. The van der Waals surface area contributed by atoms with Crippen molar-refractivity contribution >= 4 is 123 Å². The molecule has 0 radical (unpaired) electrons. The van der Waals surface area contributed by atoms with Gasteiger partial charge in [0.15, 0.2) is 0 Å². The van der Waals surface area contributed by atoms with Crippen LogP contribution >= 0.6 is 0 Å². The van der Waals surface area contributed by atoms with Gasteiger partial charge in [-0.3, -0.25) is 0 Å². The average molecular weight is 1670 g/mol. The van der Waals surface area contributed by atoms with Gasteiger partial charge in [-0.15, -0.1) is 0 Å². The monoisotopic (exact) mass is 1670 g/mol. The summed E-state index contributed by atoms with van der Waals surface area (Å²) in [6.07, 6.45) is 0. The molecule has 17 aromatic rings. The van der Waals surface area contributed by atoms with E-state index in [4.69, 9.17) is 0 Å². The lowest BCUT2D eigenvalue weighted by Gasteiger charge is -2.45. The van der Waals surface area contributed by atoms with Gasteiger partial charge in [0.2, 0.25) is 0 Å². The normalized spacial score (nSPS) is 13.7. The Labute approximate surface area is 761 Å². The van der Waals surface area contributed by atoms with Gasteiger partial charge in [-0.25, -0.2) is 0 Å². The van der Waals surface area contributed by atoms with Crippen LogP contribution in [0.25, 0.3) is 116 Å². The Morgan fingerprint density at radius 2 is 0.570 bits per heavy atom. The minimum atomic E-state index is -0.347. The lowest BCUT2D eigenvalue weighted by atomic mass is 9.33. The number of hydrogen-bond acceptors (Lipinski definition) is 3. The second-order valence-electron chi connectivity index (χ2n) is 46.4. The van der Waals surface area contributed by atoms with E-state index >= 15 is 0 Å². The number of rotatable bonds is 8. The van der Waals surface area contributed by atoms with Crippen LogP contribution < -0.4 is 26.2 Å². The number of nitriles is 1. The molecule has 6 nitrogen and oxygen atoms in total. The summed E-state index contributed by atoms with van der Waals surface area (Å²) in [5.41, 5.74) is 36.9. The largest absolute Gasteiger partial charge is 0.311 e. The number of aromatic nitrogens is 3. The summed E-state index contributed by atoms with van der Waals surface area (Å²) < 4.78 is 7.61. The summed E-state index contributed by atoms with van der Waals surface area (Å²) in [5.74, 6) is 0. The third-order valence-electron chi connectivity index (χ3n) is 28.0. The van der Waals surface area contributed by atoms with Gasteiger partial charge in [-0.2, -0.15) is 5.26 Å². The van der Waals surface area contributed by atoms with Crippen LogP contribution in [-0.2, 0) is 48.7 Å². The lowest BCUT2D eigenvalue weighted by molar-refractivity contribution is 0.569. The molecule has 0 unspecified atom stereocenters. The molecule has 3 aromatic heterocycles. The quantitative estimate of drug-likeness (QED) is 0.142. The Hall–Kier alpha value is -12.4. The lowest BCUT2D eigenvalue weighted by Crippen LogP contribution is -2.61. The molecule has 7 heteroatoms. The van der Waals surface area contributed by atoms with E-state index in [0.717, 1.165) is 123 Å². The van der Waals surface area contributed by atoms with Crippen LogP contribution in [0.2, 0.25) is 0 Å². The zero-order chi connectivity index (χ0) is 90.9. The highest BCUT2D eigenvalue weighted by Crippen LogP contribution is 2.55. The van der Waals surface area contributed by atoms with Crippen molar-refractivity contribution in [2.24, 2.45) is 0 Å². The zero-order valence-electron chi connectivity index (χ0n) is 80.7. The summed E-state index contributed by atoms with van der Waals surface area (Å²) in [6, 6.07) is 108. The van der Waals surface area contributed by atoms with Crippen LogP contribution in [0, 0.1) is 11.3 Å². The zero-order valence-corrected chi connectivity index (χ0v) is 80.7. The molecule has 19 rings (SSSR count). The van der Waals surface area contributed by atoms with Crippen LogP contribution in [0.5, 0.6) is 0 Å². The number of fused-ring (bicyclic) bond motifs is 13. The fourth-order valence-corrected chi connectivity index (χ4v) is 20.2. The van der Waals surface area contributed by atoms with Gasteiger partial charge in [0.25, 0.3) is 6.71 Å². The molecule has 0 aliphatic carbocycles. The van der Waals surface area contributed by atoms with Gasteiger partial charge in [-0.1, -0.05) is 333 Å². The second kappa shape index (κ2) is 29.3. The summed E-state index contributed by atoms with van der Waals surface area (Å²) in [7, 11) is 0. The second-order valence-corrected chi connectivity index (χ2v) is 46.4. The van der Waals surface area contributed by atoms with Gasteiger partial charge in [-0.05, 0) is 259 Å². The fraction of sp³-hybridized carbons (Fsp3) is 0.298. The predicted molar refractivity (Wildman–Crippen MR) is 553 cm³/mol. The molecule has 0 spiro atoms. The van der Waals surface area contributed by atoms with Gasteiger partial charge in [0.1, 0.15) is 6.07 Å². The maximum Gasteiger partial charge on any atom is 0.252 e. The Bertz CT molecular complexity index is 7180. The molecule has 0 N–H and O–H groups in total. The van der Waals surface area contributed by atoms with Crippen molar-refractivity contribution in [2.45, 2.75) is 236 Å². The Morgan fingerprint density at radius 1 is 0.227 bits per heavy atom. The van der Waals surface area contributed by atoms with Crippen molar-refractivity contribution in [3.8, 4) is 56.5 Å². The van der Waals surface area contributed by atoms with E-state index in [-0.39, 0.29) is 55.4 Å². The van der Waals surface area contributed by atoms with Crippen LogP contribution in [0.3, 0.4) is 0 Å². The first-order valence-corrected chi connectivity index (χ1v) is 46.4. The molecule has 0 fully saturated rings. The van der Waals surface area contributed by atoms with Gasteiger partial charge in [0, 0.05) is 77.6 Å². The summed E-state index contributed by atoms with van der Waals surface area (Å²) >= 11 is 0. The van der Waals surface area contributed by atoms with E-state index in [1.807, 2.05) is 0 Å². The maximum atomic E-state index is 12.1. The average Bonchev–Trinajstić information content (AvgIpc) is 1.44. The van der Waals surface area contributed by atoms with Gasteiger partial charge >= 0.3 is 0 Å². The molecule has 0 amide bonds. The highest BCUT2D eigenvalue weighted by molar-refractivity contribution is 7.00. The van der Waals surface area contributed by atoms with Crippen molar-refractivity contribution < 1.29 is 0 Å². The molecule has 5 heterocycles. The number of nitrogens with zero attached hydrogens (tertiary/aromatic N) is 6. The van der Waals surface area contributed by atoms with Crippen molar-refractivity contribution in [3.63, 3.8) is 0 Å². The molecular formula is C121H125BN6. The minimum absolute atomic E-state index is 0.0960. The third kappa shape index (κ3) is 14.4. The molecule has 128 heavy (non-hydrogen) atoms. The standard InChI is InChI=1S/C121H125BN6/c1-113(2,3)78-42-52-100-94(60-78)95-61-79(114(4,5)6)43-53-101(95)124(100)88-47-51-99-108(69-88)128(112-92(73-34-30-28-31-35-73)64-86(121(25,26)27)65-93(112)74-36-32-29-33-37-74)110-71-89(126-102-54-44-80(115(7,8)9)62-96(102)97-63-81(116(10,11)12)45-55-103(97)126)70-109-111(110)122(99)98-50-39-75(77-56-84(119(19,20)21)59-85(57-77)120(22,23)24)58-107(98)125(109)87-46-38-76(72-123)104(68-87)127-105-66-82(117(13,14)15)40-48-90(105)91-49-41-83(67-106(91)127)118(16,17)18/h28-71H,1-27H3. The van der Waals surface area contributed by atoms with Crippen LogP contribution in [0.15, 0.2) is 267 Å². The fourth-order valence-electron chi connectivity index (χ4n) is 20.2. The summed E-state index contributed by atoms with van der Waals surface area (Å²) in [5, 5.41) is 19.3. The van der Waals surface area contributed by atoms with Crippen LogP contribution in [-0.4, -0.2) is 20.4 Å². The van der Waals surface area contributed by atoms with Crippen molar-refractivity contribution in [3.05, 3.63) is 323 Å².